The number of likely N-dealkylation sites (tertiary alicyclic amines) is 1. The number of carbonyl (C=O) groups is 1. The van der Waals surface area contributed by atoms with E-state index in [9.17, 15) is 9.59 Å². The van der Waals surface area contributed by atoms with E-state index in [-0.39, 0.29) is 11.5 Å². The molecule has 0 aliphatic carbocycles. The number of H-pyrrole nitrogens is 1. The van der Waals surface area contributed by atoms with Crippen molar-refractivity contribution in [1.82, 2.24) is 9.88 Å². The highest BCUT2D eigenvalue weighted by Gasteiger charge is 2.51. The summed E-state index contributed by atoms with van der Waals surface area (Å²) < 4.78 is 5.19. The molecule has 2 aliphatic heterocycles. The molecular weight excluding hydrogens is 280 g/mol. The predicted molar refractivity (Wildman–Crippen MR) is 82.5 cm³/mol. The van der Waals surface area contributed by atoms with Crippen molar-refractivity contribution in [2.75, 3.05) is 13.2 Å². The van der Waals surface area contributed by atoms with Crippen LogP contribution in [0.5, 0.6) is 0 Å². The first kappa shape index (κ1) is 13.5. The number of benzene rings is 1. The van der Waals surface area contributed by atoms with Crippen LogP contribution >= 0.6 is 0 Å². The minimum atomic E-state index is -0.502. The van der Waals surface area contributed by atoms with Crippen molar-refractivity contribution < 1.29 is 9.53 Å². The zero-order valence-electron chi connectivity index (χ0n) is 12.3. The van der Waals surface area contributed by atoms with Gasteiger partial charge in [0.1, 0.15) is 5.54 Å². The maximum Gasteiger partial charge on any atom is 0.326 e. The summed E-state index contributed by atoms with van der Waals surface area (Å²) in [7, 11) is 0. The van der Waals surface area contributed by atoms with Gasteiger partial charge >= 0.3 is 5.97 Å². The van der Waals surface area contributed by atoms with Crippen LogP contribution in [0.1, 0.15) is 24.8 Å². The van der Waals surface area contributed by atoms with Gasteiger partial charge in [-0.25, -0.2) is 0 Å². The molecule has 5 heteroatoms. The highest BCUT2D eigenvalue weighted by atomic mass is 16.5. The van der Waals surface area contributed by atoms with Gasteiger partial charge in [0.15, 0.2) is 0 Å². The largest absolute Gasteiger partial charge is 0.464 e. The highest BCUT2D eigenvalue weighted by molar-refractivity contribution is 5.83. The number of para-hydroxylation sites is 1. The smallest absolute Gasteiger partial charge is 0.326 e. The number of hydrogen-bond donors (Lipinski definition) is 1. The van der Waals surface area contributed by atoms with Gasteiger partial charge in [-0.05, 0) is 36.9 Å². The van der Waals surface area contributed by atoms with E-state index in [1.807, 2.05) is 30.3 Å². The van der Waals surface area contributed by atoms with Gasteiger partial charge in [0, 0.05) is 24.0 Å². The van der Waals surface area contributed by atoms with Crippen LogP contribution in [0.15, 0.2) is 35.1 Å². The summed E-state index contributed by atoms with van der Waals surface area (Å²) in [4.78, 5) is 29.5. The molecule has 1 aromatic heterocycles. The molecule has 2 saturated heterocycles. The monoisotopic (exact) mass is 298 g/mol. The molecule has 0 amide bonds. The first-order chi connectivity index (χ1) is 10.7. The Labute approximate surface area is 127 Å². The number of nitrogens with zero attached hydrogens (tertiary/aromatic N) is 1. The molecule has 0 radical (unpaired) electrons. The molecule has 22 heavy (non-hydrogen) atoms. The lowest BCUT2D eigenvalue weighted by atomic mass is 9.94. The van der Waals surface area contributed by atoms with Crippen LogP contribution in [0.3, 0.4) is 0 Å². The number of carbonyl (C=O) groups excluding carboxylic acids is 1. The molecule has 5 nitrogen and oxygen atoms in total. The van der Waals surface area contributed by atoms with Gasteiger partial charge in [0.05, 0.1) is 6.61 Å². The highest BCUT2D eigenvalue weighted by Crippen LogP contribution is 2.38. The molecule has 4 rings (SSSR count). The van der Waals surface area contributed by atoms with Crippen LogP contribution in [0.4, 0.5) is 0 Å². The average Bonchev–Trinajstić information content (AvgIpc) is 3.08. The van der Waals surface area contributed by atoms with Gasteiger partial charge in [0.25, 0.3) is 5.56 Å². The maximum absolute atomic E-state index is 12.3. The summed E-state index contributed by atoms with van der Waals surface area (Å²) in [5, 5.41) is 1.01. The minimum Gasteiger partial charge on any atom is -0.464 e. The second-order valence-corrected chi connectivity index (χ2v) is 6.15. The van der Waals surface area contributed by atoms with Gasteiger partial charge < -0.3 is 9.72 Å². The number of ether oxygens (including phenoxy) is 1. The number of hydrogen-bond acceptors (Lipinski definition) is 4. The summed E-state index contributed by atoms with van der Waals surface area (Å²) in [6.07, 6.45) is 2.54. The van der Waals surface area contributed by atoms with Crippen LogP contribution in [-0.2, 0) is 16.1 Å². The van der Waals surface area contributed by atoms with Crippen LogP contribution in [0.25, 0.3) is 10.9 Å². The standard InChI is InChI=1S/C17H18N2O3/c20-15-13(10-12-4-1-2-5-14(12)18-15)11-19-8-3-6-17(19)7-9-22-16(17)21/h1-2,4-5,10H,3,6-9,11H2,(H,18,20). The quantitative estimate of drug-likeness (QED) is 0.859. The molecule has 2 aromatic rings. The van der Waals surface area contributed by atoms with Crippen molar-refractivity contribution >= 4 is 16.9 Å². The van der Waals surface area contributed by atoms with Crippen molar-refractivity contribution in [3.05, 3.63) is 46.2 Å². The number of cyclic esters (lactones) is 1. The summed E-state index contributed by atoms with van der Waals surface area (Å²) in [5.41, 5.74) is 0.970. The normalized spacial score (nSPS) is 25.2. The molecule has 2 fully saturated rings. The Balaban J connectivity index is 1.70. The van der Waals surface area contributed by atoms with E-state index >= 15 is 0 Å². The average molecular weight is 298 g/mol. The fraction of sp³-hybridized carbons (Fsp3) is 0.412. The Bertz CT molecular complexity index is 794. The first-order valence-electron chi connectivity index (χ1n) is 7.72. The zero-order valence-corrected chi connectivity index (χ0v) is 12.3. The SMILES string of the molecule is O=C1OCCC12CCCN2Cc1cc2ccccc2[nH]c1=O. The third-order valence-electron chi connectivity index (χ3n) is 4.94. The van der Waals surface area contributed by atoms with Crippen LogP contribution in [0.2, 0.25) is 0 Å². The Kier molecular flexibility index (Phi) is 3.04. The fourth-order valence-electron chi connectivity index (χ4n) is 3.74. The van der Waals surface area contributed by atoms with E-state index in [0.29, 0.717) is 18.7 Å². The van der Waals surface area contributed by atoms with Crippen molar-refractivity contribution in [2.45, 2.75) is 31.3 Å². The van der Waals surface area contributed by atoms with Crippen LogP contribution in [0, 0.1) is 0 Å². The van der Waals surface area contributed by atoms with E-state index < -0.39 is 5.54 Å². The molecular formula is C17H18N2O3. The van der Waals surface area contributed by atoms with Crippen LogP contribution < -0.4 is 5.56 Å². The molecule has 0 bridgehead atoms. The van der Waals surface area contributed by atoms with Crippen LogP contribution in [-0.4, -0.2) is 34.5 Å². The number of pyridine rings is 1. The second kappa shape index (κ2) is 4.95. The first-order valence-corrected chi connectivity index (χ1v) is 7.72. The summed E-state index contributed by atoms with van der Waals surface area (Å²) in [6.45, 7) is 1.82. The molecule has 0 saturated carbocycles. The number of fused-ring (bicyclic) bond motifs is 1. The lowest BCUT2D eigenvalue weighted by molar-refractivity contribution is -0.147. The Morgan fingerprint density at radius 2 is 2.09 bits per heavy atom. The number of rotatable bonds is 2. The Hall–Kier alpha value is -2.14. The van der Waals surface area contributed by atoms with E-state index in [0.717, 1.165) is 36.7 Å². The minimum absolute atomic E-state index is 0.0767. The number of nitrogens with one attached hydrogen (secondary N) is 1. The molecule has 1 atom stereocenters. The summed E-state index contributed by atoms with van der Waals surface area (Å²) >= 11 is 0. The molecule has 2 aliphatic rings. The van der Waals surface area contributed by atoms with Crippen molar-refractivity contribution in [1.29, 1.82) is 0 Å². The molecule has 1 spiro atoms. The summed E-state index contributed by atoms with van der Waals surface area (Å²) in [5.74, 6) is -0.123. The van der Waals surface area contributed by atoms with Gasteiger partial charge in [-0.1, -0.05) is 18.2 Å². The Morgan fingerprint density at radius 1 is 1.23 bits per heavy atom. The lowest BCUT2D eigenvalue weighted by Gasteiger charge is -2.30. The van der Waals surface area contributed by atoms with Gasteiger partial charge in [-0.15, -0.1) is 0 Å². The predicted octanol–water partition coefficient (Wildman–Crippen LogP) is 1.81. The fourth-order valence-corrected chi connectivity index (χ4v) is 3.74. The van der Waals surface area contributed by atoms with E-state index in [1.54, 1.807) is 0 Å². The van der Waals surface area contributed by atoms with Gasteiger partial charge in [-0.2, -0.15) is 0 Å². The van der Waals surface area contributed by atoms with E-state index in [4.69, 9.17) is 4.74 Å². The number of aromatic nitrogens is 1. The van der Waals surface area contributed by atoms with E-state index in [2.05, 4.69) is 9.88 Å². The molecule has 1 N–H and O–H groups in total. The molecule has 1 unspecified atom stereocenters. The zero-order chi connectivity index (χ0) is 15.2. The van der Waals surface area contributed by atoms with Crippen molar-refractivity contribution in [2.24, 2.45) is 0 Å². The number of aromatic amines is 1. The third kappa shape index (κ3) is 1.96. The topological polar surface area (TPSA) is 62.4 Å². The number of esters is 1. The van der Waals surface area contributed by atoms with Crippen molar-refractivity contribution in [3.63, 3.8) is 0 Å². The van der Waals surface area contributed by atoms with Crippen molar-refractivity contribution in [3.8, 4) is 0 Å². The molecule has 3 heterocycles. The third-order valence-corrected chi connectivity index (χ3v) is 4.94. The maximum atomic E-state index is 12.3. The molecule has 1 aromatic carbocycles. The lowest BCUT2D eigenvalue weighted by Crippen LogP contribution is -2.47. The van der Waals surface area contributed by atoms with E-state index in [1.165, 1.54) is 0 Å². The van der Waals surface area contributed by atoms with Gasteiger partial charge in [0.2, 0.25) is 0 Å². The Morgan fingerprint density at radius 3 is 2.91 bits per heavy atom. The second-order valence-electron chi connectivity index (χ2n) is 6.15. The summed E-state index contributed by atoms with van der Waals surface area (Å²) in [6, 6.07) is 9.67. The van der Waals surface area contributed by atoms with Gasteiger partial charge in [-0.3, -0.25) is 14.5 Å². The molecule has 114 valence electrons.